The van der Waals surface area contributed by atoms with Crippen LogP contribution < -0.4 is 5.11 Å². The number of hydrogen-bond acceptors (Lipinski definition) is 4. The zero-order chi connectivity index (χ0) is 11.9. The Morgan fingerprint density at radius 2 is 2.07 bits per heavy atom. The number of carboxylic acids is 1. The van der Waals surface area contributed by atoms with Gasteiger partial charge < -0.3 is 9.90 Å². The lowest BCUT2D eigenvalue weighted by molar-refractivity contribution is -0.344. The van der Waals surface area contributed by atoms with Gasteiger partial charge in [0.25, 0.3) is 0 Å². The molecule has 0 amide bonds. The first-order valence-electron chi connectivity index (χ1n) is 3.41. The highest BCUT2D eigenvalue weighted by Gasteiger charge is 2.28. The number of rotatable bonds is 0. The molecule has 0 aliphatic carbocycles. The molecule has 8 heteroatoms. The zero-order valence-electron chi connectivity index (χ0n) is 7.10. The number of halogens is 3. The van der Waals surface area contributed by atoms with E-state index in [2.05, 4.69) is 9.96 Å². The Hall–Kier alpha value is -2.17. The number of diazo groups is 1. The van der Waals surface area contributed by atoms with Gasteiger partial charge in [-0.3, -0.25) is 4.98 Å². The molecule has 1 aromatic heterocycles. The number of aromatic nitrogens is 1. The van der Waals surface area contributed by atoms with Crippen molar-refractivity contribution in [2.75, 3.05) is 0 Å². The van der Waals surface area contributed by atoms with Crippen LogP contribution in [0.1, 0.15) is 0 Å². The number of carbonyl (C=O) groups excluding carboxylic acids is 1. The van der Waals surface area contributed by atoms with E-state index in [9.17, 15) is 13.2 Å². The molecule has 0 aromatic carbocycles. The zero-order valence-corrected chi connectivity index (χ0v) is 7.10. The molecule has 5 nitrogen and oxygen atoms in total. The highest BCUT2D eigenvalue weighted by Crippen LogP contribution is 2.11. The van der Waals surface area contributed by atoms with Crippen LogP contribution >= 0.6 is 0 Å². The number of aliphatic carboxylic acids is 1. The van der Waals surface area contributed by atoms with Crippen molar-refractivity contribution in [2.24, 2.45) is 0 Å². The number of nitrogens with zero attached hydrogens (tertiary/aromatic N) is 3. The summed E-state index contributed by atoms with van der Waals surface area (Å²) < 4.78 is 31.5. The van der Waals surface area contributed by atoms with Gasteiger partial charge in [0.1, 0.15) is 12.2 Å². The summed E-state index contributed by atoms with van der Waals surface area (Å²) in [6.07, 6.45) is -2.10. The molecule has 0 spiro atoms. The molecule has 1 rings (SSSR count). The second-order valence-corrected chi connectivity index (χ2v) is 2.10. The third kappa shape index (κ3) is 5.98. The van der Waals surface area contributed by atoms with E-state index in [0.29, 0.717) is 5.69 Å². The normalized spacial score (nSPS) is 9.47. The van der Waals surface area contributed by atoms with E-state index in [0.717, 1.165) is 0 Å². The fraction of sp³-hybridized carbons (Fsp3) is 0.143. The minimum atomic E-state index is -5.19. The summed E-state index contributed by atoms with van der Waals surface area (Å²) in [6, 6.07) is 3.36. The number of carboxylic acid groups (broad SMARTS) is 1. The first-order chi connectivity index (χ1) is 6.88. The predicted molar refractivity (Wildman–Crippen MR) is 40.0 cm³/mol. The first kappa shape index (κ1) is 12.8. The summed E-state index contributed by atoms with van der Waals surface area (Å²) in [5, 5.41) is 16.9. The quantitative estimate of drug-likeness (QED) is 0.606. The Morgan fingerprint density at radius 3 is 2.27 bits per heavy atom. The Labute approximate surface area is 81.8 Å². The fourth-order valence-electron chi connectivity index (χ4n) is 0.413. The minimum absolute atomic E-state index is 0.479. The standard InChI is InChI=1S/C5H4N3.C2HF3O2/c6-8-5-2-1-3-7-4-5;3-2(4,5)1(6)7/h1-4H;(H,6,7)/q+1;/p-1. The Balaban J connectivity index is 0.000000265. The largest absolute Gasteiger partial charge is 0.542 e. The van der Waals surface area contributed by atoms with Gasteiger partial charge in [-0.2, -0.15) is 13.2 Å². The third-order valence-corrected chi connectivity index (χ3v) is 0.993. The number of alkyl halides is 3. The van der Waals surface area contributed by atoms with E-state index in [1.807, 2.05) is 0 Å². The Bertz CT molecular complexity index is 358. The van der Waals surface area contributed by atoms with E-state index in [-0.39, 0.29) is 0 Å². The number of pyridine rings is 1. The average molecular weight is 219 g/mol. The van der Waals surface area contributed by atoms with Crippen molar-refractivity contribution in [3.8, 4) is 0 Å². The lowest BCUT2D eigenvalue weighted by Crippen LogP contribution is -2.37. The van der Waals surface area contributed by atoms with Crippen LogP contribution in [0, 0.1) is 5.39 Å². The summed E-state index contributed by atoms with van der Waals surface area (Å²) in [5.41, 5.74) is 0.479. The fourth-order valence-corrected chi connectivity index (χ4v) is 0.413. The molecule has 0 saturated heterocycles. The third-order valence-electron chi connectivity index (χ3n) is 0.993. The van der Waals surface area contributed by atoms with E-state index >= 15 is 0 Å². The molecule has 0 N–H and O–H groups in total. The second kappa shape index (κ2) is 5.54. The van der Waals surface area contributed by atoms with Crippen molar-refractivity contribution in [3.63, 3.8) is 0 Å². The lowest BCUT2D eigenvalue weighted by atomic mass is 10.4. The van der Waals surface area contributed by atoms with Crippen LogP contribution in [0.2, 0.25) is 0 Å². The molecule has 0 aliphatic heterocycles. The van der Waals surface area contributed by atoms with E-state index < -0.39 is 12.1 Å². The molecule has 0 atom stereocenters. The maximum atomic E-state index is 10.5. The van der Waals surface area contributed by atoms with Gasteiger partial charge in [-0.15, -0.1) is 0 Å². The summed E-state index contributed by atoms with van der Waals surface area (Å²) >= 11 is 0. The van der Waals surface area contributed by atoms with Crippen molar-refractivity contribution in [3.05, 3.63) is 29.5 Å². The molecule has 1 aromatic rings. The van der Waals surface area contributed by atoms with Gasteiger partial charge in [0, 0.05) is 12.3 Å². The van der Waals surface area contributed by atoms with Crippen LogP contribution in [0.4, 0.5) is 18.9 Å². The van der Waals surface area contributed by atoms with Crippen molar-refractivity contribution in [1.82, 2.24) is 4.98 Å². The van der Waals surface area contributed by atoms with E-state index in [4.69, 9.17) is 15.3 Å². The molecule has 0 fully saturated rings. The van der Waals surface area contributed by atoms with Crippen LogP contribution in [0.3, 0.4) is 0 Å². The van der Waals surface area contributed by atoms with Gasteiger partial charge in [0.15, 0.2) is 4.98 Å². The number of hydrogen-bond donors (Lipinski definition) is 0. The van der Waals surface area contributed by atoms with Gasteiger partial charge in [-0.1, -0.05) is 0 Å². The van der Waals surface area contributed by atoms with Crippen LogP contribution in [0.15, 0.2) is 24.5 Å². The first-order valence-corrected chi connectivity index (χ1v) is 3.41. The van der Waals surface area contributed by atoms with Crippen LogP contribution in [0.25, 0.3) is 4.98 Å². The van der Waals surface area contributed by atoms with Gasteiger partial charge in [-0.25, -0.2) is 0 Å². The average Bonchev–Trinajstić information content (AvgIpc) is 2.18. The Morgan fingerprint density at radius 1 is 1.53 bits per heavy atom. The molecule has 1 heterocycles. The summed E-state index contributed by atoms with van der Waals surface area (Å²) in [6.45, 7) is 0. The molecule has 0 bridgehead atoms. The maximum Gasteiger partial charge on any atom is 0.430 e. The topological polar surface area (TPSA) is 81.2 Å². The molecule has 80 valence electrons. The molecule has 15 heavy (non-hydrogen) atoms. The Kier molecular flexibility index (Phi) is 4.74. The van der Waals surface area contributed by atoms with Crippen LogP contribution in [-0.2, 0) is 4.79 Å². The summed E-state index contributed by atoms with van der Waals surface area (Å²) in [7, 11) is 0. The van der Waals surface area contributed by atoms with Crippen LogP contribution in [-0.4, -0.2) is 17.1 Å². The maximum absolute atomic E-state index is 10.5. The molecule has 0 saturated carbocycles. The second-order valence-electron chi connectivity index (χ2n) is 2.10. The van der Waals surface area contributed by atoms with Gasteiger partial charge in [0.05, 0.1) is 0 Å². The minimum Gasteiger partial charge on any atom is -0.542 e. The smallest absolute Gasteiger partial charge is 0.430 e. The molecular formula is C7H4F3N3O2. The highest BCUT2D eigenvalue weighted by molar-refractivity contribution is 5.70. The van der Waals surface area contributed by atoms with Gasteiger partial charge in [-0.05, 0) is 6.07 Å². The van der Waals surface area contributed by atoms with Crippen molar-refractivity contribution in [1.29, 1.82) is 5.39 Å². The predicted octanol–water partition coefficient (Wildman–Crippen LogP) is 0.865. The lowest BCUT2D eigenvalue weighted by Gasteiger charge is -2.03. The molecular weight excluding hydrogens is 215 g/mol. The van der Waals surface area contributed by atoms with Crippen molar-refractivity contribution in [2.45, 2.75) is 6.18 Å². The van der Waals surface area contributed by atoms with E-state index in [1.54, 1.807) is 18.3 Å². The summed E-state index contributed by atoms with van der Waals surface area (Å²) in [4.78, 5) is 15.4. The van der Waals surface area contributed by atoms with Gasteiger partial charge >= 0.3 is 11.9 Å². The van der Waals surface area contributed by atoms with Gasteiger partial charge in [0.2, 0.25) is 5.39 Å². The highest BCUT2D eigenvalue weighted by atomic mass is 19.4. The van der Waals surface area contributed by atoms with Crippen molar-refractivity contribution < 1.29 is 23.1 Å². The summed E-state index contributed by atoms with van der Waals surface area (Å²) in [5.74, 6) is -3.01. The molecule has 0 radical (unpaired) electrons. The molecule has 0 aliphatic rings. The molecule has 0 unspecified atom stereocenters. The SMILES string of the molecule is N#[N+]c1cccnc1.O=C([O-])C(F)(F)F. The number of carbonyl (C=O) groups is 1. The van der Waals surface area contributed by atoms with Crippen LogP contribution in [0.5, 0.6) is 0 Å². The monoisotopic (exact) mass is 219 g/mol. The van der Waals surface area contributed by atoms with Crippen molar-refractivity contribution >= 4 is 11.7 Å². The van der Waals surface area contributed by atoms with E-state index in [1.165, 1.54) is 6.20 Å².